The summed E-state index contributed by atoms with van der Waals surface area (Å²) < 4.78 is 38.2. The molecular weight excluding hydrogens is 273 g/mol. The number of hydrogen-bond acceptors (Lipinski definition) is 5. The highest BCUT2D eigenvalue weighted by Gasteiger charge is 2.34. The topological polar surface area (TPSA) is 61.3 Å². The molecule has 0 amide bonds. The average Bonchev–Trinajstić information content (AvgIpc) is 2.41. The first-order chi connectivity index (χ1) is 9.38. The summed E-state index contributed by atoms with van der Waals surface area (Å²) in [6.07, 6.45) is -2.22. The molecule has 20 heavy (non-hydrogen) atoms. The van der Waals surface area contributed by atoms with Crippen molar-refractivity contribution in [1.29, 1.82) is 0 Å². The van der Waals surface area contributed by atoms with Crippen LogP contribution in [0.2, 0.25) is 0 Å². The minimum absolute atomic E-state index is 0.0583. The quantitative estimate of drug-likeness (QED) is 0.754. The van der Waals surface area contributed by atoms with Crippen LogP contribution in [0, 0.1) is 0 Å². The zero-order valence-corrected chi connectivity index (χ0v) is 11.5. The van der Waals surface area contributed by atoms with Gasteiger partial charge in [0.15, 0.2) is 5.69 Å². The molecule has 0 radical (unpaired) electrons. The molecule has 0 unspecified atom stereocenters. The summed E-state index contributed by atoms with van der Waals surface area (Å²) in [7, 11) is 3.15. The van der Waals surface area contributed by atoms with Gasteiger partial charge in [0.05, 0.1) is 0 Å². The van der Waals surface area contributed by atoms with Crippen LogP contribution in [-0.2, 0) is 6.18 Å². The monoisotopic (exact) mass is 292 g/mol. The fraction of sp³-hybridized carbons (Fsp3) is 0.667. The highest BCUT2D eigenvalue weighted by Crippen LogP contribution is 2.30. The van der Waals surface area contributed by atoms with Crippen LogP contribution in [-0.4, -0.2) is 42.3 Å². The van der Waals surface area contributed by atoms with E-state index in [1.54, 1.807) is 11.9 Å². The third-order valence-corrected chi connectivity index (χ3v) is 2.77. The van der Waals surface area contributed by atoms with Crippen LogP contribution in [0.1, 0.15) is 25.0 Å². The SMILES string of the molecule is CNc1nc(N(C)CCCCCO)cc(C(F)(F)F)n1. The number of aliphatic hydroxyl groups is 1. The molecule has 0 aliphatic carbocycles. The smallest absolute Gasteiger partial charge is 0.396 e. The number of hydrogen-bond donors (Lipinski definition) is 2. The Morgan fingerprint density at radius 1 is 1.25 bits per heavy atom. The molecule has 0 atom stereocenters. The Hall–Kier alpha value is -1.57. The van der Waals surface area contributed by atoms with E-state index in [4.69, 9.17) is 5.11 Å². The molecule has 2 N–H and O–H groups in total. The Bertz CT molecular complexity index is 426. The normalized spacial score (nSPS) is 11.5. The molecule has 8 heteroatoms. The van der Waals surface area contributed by atoms with Crippen LogP contribution < -0.4 is 10.2 Å². The first-order valence-corrected chi connectivity index (χ1v) is 6.34. The molecular formula is C12H19F3N4O. The Kier molecular flexibility index (Phi) is 6.00. The lowest BCUT2D eigenvalue weighted by molar-refractivity contribution is -0.141. The summed E-state index contributed by atoms with van der Waals surface area (Å²) in [5.74, 6) is 0.165. The summed E-state index contributed by atoms with van der Waals surface area (Å²) in [6.45, 7) is 0.691. The largest absolute Gasteiger partial charge is 0.433 e. The van der Waals surface area contributed by atoms with Gasteiger partial charge >= 0.3 is 6.18 Å². The second-order valence-electron chi connectivity index (χ2n) is 4.39. The minimum Gasteiger partial charge on any atom is -0.396 e. The van der Waals surface area contributed by atoms with E-state index in [2.05, 4.69) is 15.3 Å². The lowest BCUT2D eigenvalue weighted by atomic mass is 10.2. The average molecular weight is 292 g/mol. The van der Waals surface area contributed by atoms with Crippen molar-refractivity contribution < 1.29 is 18.3 Å². The predicted molar refractivity (Wildman–Crippen MR) is 70.8 cm³/mol. The highest BCUT2D eigenvalue weighted by molar-refractivity contribution is 5.44. The molecule has 1 aromatic heterocycles. The Labute approximate surface area is 115 Å². The van der Waals surface area contributed by atoms with Gasteiger partial charge in [-0.2, -0.15) is 18.2 Å². The van der Waals surface area contributed by atoms with Crippen molar-refractivity contribution in [2.75, 3.05) is 37.5 Å². The Morgan fingerprint density at radius 3 is 2.50 bits per heavy atom. The molecule has 0 fully saturated rings. The zero-order chi connectivity index (χ0) is 15.2. The van der Waals surface area contributed by atoms with Crippen molar-refractivity contribution in [2.24, 2.45) is 0 Å². The zero-order valence-electron chi connectivity index (χ0n) is 11.5. The van der Waals surface area contributed by atoms with Gasteiger partial charge in [-0.15, -0.1) is 0 Å². The molecule has 5 nitrogen and oxygen atoms in total. The number of anilines is 2. The van der Waals surface area contributed by atoms with Gasteiger partial charge in [0.2, 0.25) is 5.95 Å². The van der Waals surface area contributed by atoms with Gasteiger partial charge in [0.25, 0.3) is 0 Å². The van der Waals surface area contributed by atoms with E-state index < -0.39 is 11.9 Å². The molecule has 1 heterocycles. The van der Waals surface area contributed by atoms with Crippen molar-refractivity contribution in [3.05, 3.63) is 11.8 Å². The van der Waals surface area contributed by atoms with Crippen LogP contribution >= 0.6 is 0 Å². The van der Waals surface area contributed by atoms with Gasteiger partial charge in [-0.1, -0.05) is 0 Å². The van der Waals surface area contributed by atoms with E-state index in [0.29, 0.717) is 13.0 Å². The van der Waals surface area contributed by atoms with E-state index in [1.165, 1.54) is 7.05 Å². The van der Waals surface area contributed by atoms with E-state index in [1.807, 2.05) is 0 Å². The number of nitrogens with zero attached hydrogens (tertiary/aromatic N) is 3. The van der Waals surface area contributed by atoms with Crippen LogP contribution in [0.15, 0.2) is 6.07 Å². The van der Waals surface area contributed by atoms with Gasteiger partial charge in [-0.05, 0) is 19.3 Å². The van der Waals surface area contributed by atoms with Gasteiger partial charge in [0, 0.05) is 33.3 Å². The fourth-order valence-electron chi connectivity index (χ4n) is 1.64. The first kappa shape index (κ1) is 16.5. The molecule has 0 spiro atoms. The second kappa shape index (κ2) is 7.28. The Balaban J connectivity index is 2.82. The van der Waals surface area contributed by atoms with Crippen molar-refractivity contribution in [2.45, 2.75) is 25.4 Å². The van der Waals surface area contributed by atoms with Gasteiger partial charge in [0.1, 0.15) is 5.82 Å². The molecule has 0 saturated heterocycles. The third kappa shape index (κ3) is 4.84. The van der Waals surface area contributed by atoms with E-state index in [-0.39, 0.29) is 18.4 Å². The lowest BCUT2D eigenvalue weighted by Gasteiger charge is -2.19. The number of aliphatic hydroxyl groups excluding tert-OH is 1. The molecule has 1 rings (SSSR count). The van der Waals surface area contributed by atoms with Crippen molar-refractivity contribution in [3.8, 4) is 0 Å². The summed E-state index contributed by atoms with van der Waals surface area (Å²) in [6, 6.07) is 0.937. The number of rotatable bonds is 7. The van der Waals surface area contributed by atoms with Crippen LogP contribution in [0.4, 0.5) is 24.9 Å². The van der Waals surface area contributed by atoms with E-state index in [0.717, 1.165) is 18.9 Å². The lowest BCUT2D eigenvalue weighted by Crippen LogP contribution is -2.22. The molecule has 0 aliphatic rings. The number of unbranched alkanes of at least 4 members (excludes halogenated alkanes) is 2. The van der Waals surface area contributed by atoms with E-state index >= 15 is 0 Å². The second-order valence-corrected chi connectivity index (χ2v) is 4.39. The number of nitrogens with one attached hydrogen (secondary N) is 1. The molecule has 0 aliphatic heterocycles. The van der Waals surface area contributed by atoms with Crippen molar-refractivity contribution in [3.63, 3.8) is 0 Å². The molecule has 114 valence electrons. The maximum absolute atomic E-state index is 12.7. The highest BCUT2D eigenvalue weighted by atomic mass is 19.4. The van der Waals surface area contributed by atoms with Crippen molar-refractivity contribution in [1.82, 2.24) is 9.97 Å². The summed E-state index contributed by atoms with van der Waals surface area (Å²) in [4.78, 5) is 9.07. The number of halogens is 3. The van der Waals surface area contributed by atoms with Gasteiger partial charge < -0.3 is 15.3 Å². The van der Waals surface area contributed by atoms with Gasteiger partial charge in [-0.3, -0.25) is 0 Å². The summed E-state index contributed by atoms with van der Waals surface area (Å²) in [5, 5.41) is 11.2. The van der Waals surface area contributed by atoms with Crippen LogP contribution in [0.5, 0.6) is 0 Å². The van der Waals surface area contributed by atoms with Crippen LogP contribution in [0.25, 0.3) is 0 Å². The summed E-state index contributed by atoms with van der Waals surface area (Å²) >= 11 is 0. The number of alkyl halides is 3. The van der Waals surface area contributed by atoms with Crippen LogP contribution in [0.3, 0.4) is 0 Å². The first-order valence-electron chi connectivity index (χ1n) is 6.34. The third-order valence-electron chi connectivity index (χ3n) is 2.77. The maximum Gasteiger partial charge on any atom is 0.433 e. The minimum atomic E-state index is -4.50. The molecule has 0 saturated carbocycles. The molecule has 0 aromatic carbocycles. The fourth-order valence-corrected chi connectivity index (χ4v) is 1.64. The van der Waals surface area contributed by atoms with Crippen molar-refractivity contribution >= 4 is 11.8 Å². The van der Waals surface area contributed by atoms with E-state index in [9.17, 15) is 13.2 Å². The standard InChI is InChI=1S/C12H19F3N4O/c1-16-11-17-9(12(13,14)15)8-10(18-11)19(2)6-4-3-5-7-20/h8,20H,3-7H2,1-2H3,(H,16,17,18). The van der Waals surface area contributed by atoms with Gasteiger partial charge in [-0.25, -0.2) is 4.98 Å². The number of aromatic nitrogens is 2. The molecule has 0 bridgehead atoms. The molecule has 1 aromatic rings. The summed E-state index contributed by atoms with van der Waals surface area (Å²) in [5.41, 5.74) is -0.964. The maximum atomic E-state index is 12.7. The predicted octanol–water partition coefficient (Wildman–Crippen LogP) is 2.14. The Morgan fingerprint density at radius 2 is 1.95 bits per heavy atom.